The Bertz CT molecular complexity index is 1080. The summed E-state index contributed by atoms with van der Waals surface area (Å²) in [7, 11) is 0. The molecule has 6 nitrogen and oxygen atoms in total. The van der Waals surface area contributed by atoms with Gasteiger partial charge in [0.2, 0.25) is 6.10 Å². The van der Waals surface area contributed by atoms with Crippen LogP contribution < -0.4 is 14.8 Å². The molecule has 3 aromatic rings. The van der Waals surface area contributed by atoms with Gasteiger partial charge in [-0.3, -0.25) is 4.79 Å². The van der Waals surface area contributed by atoms with Crippen LogP contribution in [0.4, 0.5) is 5.00 Å². The van der Waals surface area contributed by atoms with Gasteiger partial charge in [-0.25, -0.2) is 4.79 Å². The van der Waals surface area contributed by atoms with Gasteiger partial charge in [-0.05, 0) is 36.8 Å². The van der Waals surface area contributed by atoms with Crippen LogP contribution in [0.3, 0.4) is 0 Å². The Labute approximate surface area is 185 Å². The molecule has 0 bridgehead atoms. The van der Waals surface area contributed by atoms with Crippen molar-refractivity contribution in [2.45, 2.75) is 13.0 Å². The molecular formula is C22H18BrNO5S. The number of benzene rings is 2. The van der Waals surface area contributed by atoms with Crippen molar-refractivity contribution in [2.24, 2.45) is 0 Å². The molecule has 154 valence electrons. The van der Waals surface area contributed by atoms with Crippen LogP contribution in [-0.4, -0.2) is 31.2 Å². The van der Waals surface area contributed by atoms with Gasteiger partial charge in [0.1, 0.15) is 17.2 Å². The molecule has 1 atom stereocenters. The molecule has 0 radical (unpaired) electrons. The van der Waals surface area contributed by atoms with Crippen LogP contribution in [0.15, 0.2) is 58.4 Å². The minimum Gasteiger partial charge on any atom is -0.485 e. The fraction of sp³-hybridized carbons (Fsp3) is 0.182. The van der Waals surface area contributed by atoms with E-state index in [2.05, 4.69) is 21.2 Å². The maximum absolute atomic E-state index is 12.8. The van der Waals surface area contributed by atoms with E-state index < -0.39 is 12.1 Å². The minimum absolute atomic E-state index is 0.0858. The predicted octanol–water partition coefficient (Wildman–Crippen LogP) is 5.13. The molecule has 2 aromatic carbocycles. The quantitative estimate of drug-likeness (QED) is 0.504. The topological polar surface area (TPSA) is 73.9 Å². The number of ether oxygens (including phenoxy) is 3. The average molecular weight is 488 g/mol. The summed E-state index contributed by atoms with van der Waals surface area (Å²) in [5.41, 5.74) is 1.88. The van der Waals surface area contributed by atoms with E-state index in [1.807, 2.05) is 41.8 Å². The number of nitrogens with one attached hydrogen (secondary N) is 1. The molecule has 4 rings (SSSR count). The first-order valence-corrected chi connectivity index (χ1v) is 11.0. The molecular weight excluding hydrogens is 470 g/mol. The number of hydrogen-bond donors (Lipinski definition) is 1. The number of anilines is 1. The number of thiophene rings is 1. The summed E-state index contributed by atoms with van der Waals surface area (Å²) in [6.45, 7) is 2.06. The van der Waals surface area contributed by atoms with Gasteiger partial charge in [0.25, 0.3) is 5.91 Å². The lowest BCUT2D eigenvalue weighted by molar-refractivity contribution is -0.125. The van der Waals surface area contributed by atoms with Crippen molar-refractivity contribution in [1.29, 1.82) is 0 Å². The Balaban J connectivity index is 1.60. The van der Waals surface area contributed by atoms with E-state index in [0.29, 0.717) is 27.6 Å². The summed E-state index contributed by atoms with van der Waals surface area (Å²) in [6, 6.07) is 14.8. The zero-order chi connectivity index (χ0) is 21.1. The van der Waals surface area contributed by atoms with E-state index >= 15 is 0 Å². The first kappa shape index (κ1) is 20.4. The molecule has 1 N–H and O–H groups in total. The monoisotopic (exact) mass is 487 g/mol. The summed E-state index contributed by atoms with van der Waals surface area (Å²) >= 11 is 4.68. The van der Waals surface area contributed by atoms with Crippen molar-refractivity contribution in [1.82, 2.24) is 0 Å². The fourth-order valence-electron chi connectivity index (χ4n) is 3.04. The van der Waals surface area contributed by atoms with Gasteiger partial charge in [-0.15, -0.1) is 11.3 Å². The van der Waals surface area contributed by atoms with Crippen molar-refractivity contribution < 1.29 is 23.8 Å². The molecule has 1 aliphatic heterocycles. The van der Waals surface area contributed by atoms with Gasteiger partial charge in [0.15, 0.2) is 11.5 Å². The Morgan fingerprint density at radius 3 is 2.63 bits per heavy atom. The molecule has 1 aliphatic rings. The Morgan fingerprint density at radius 1 is 1.17 bits per heavy atom. The summed E-state index contributed by atoms with van der Waals surface area (Å²) in [5.74, 6) is 0.232. The first-order valence-electron chi connectivity index (χ1n) is 9.30. The number of hydrogen-bond acceptors (Lipinski definition) is 6. The third kappa shape index (κ3) is 4.20. The lowest BCUT2D eigenvalue weighted by Crippen LogP contribution is -2.40. The van der Waals surface area contributed by atoms with E-state index in [4.69, 9.17) is 14.2 Å². The van der Waals surface area contributed by atoms with Gasteiger partial charge in [0.05, 0.1) is 6.61 Å². The van der Waals surface area contributed by atoms with Crippen LogP contribution in [0.1, 0.15) is 17.3 Å². The first-order chi connectivity index (χ1) is 14.6. The summed E-state index contributed by atoms with van der Waals surface area (Å²) in [6.07, 6.45) is -0.826. The molecule has 1 amide bonds. The summed E-state index contributed by atoms with van der Waals surface area (Å²) in [4.78, 5) is 25.5. The molecule has 0 saturated heterocycles. The number of carbonyl (C=O) groups is 2. The Morgan fingerprint density at radius 2 is 1.90 bits per heavy atom. The molecule has 1 aromatic heterocycles. The van der Waals surface area contributed by atoms with Crippen molar-refractivity contribution in [3.8, 4) is 22.6 Å². The van der Waals surface area contributed by atoms with Crippen molar-refractivity contribution in [3.05, 3.63) is 63.9 Å². The van der Waals surface area contributed by atoms with Gasteiger partial charge in [-0.1, -0.05) is 40.2 Å². The molecule has 30 heavy (non-hydrogen) atoms. The molecule has 0 aliphatic carbocycles. The molecule has 0 spiro atoms. The SMILES string of the molecule is CCOC(=O)c1c(-c2ccc(Br)cc2)csc1NC(=O)[C@@H]1COc2ccccc2O1. The summed E-state index contributed by atoms with van der Waals surface area (Å²) < 4.78 is 17.6. The standard InChI is InChI=1S/C22H18BrNO5S/c1-2-27-22(26)19-15(13-7-9-14(23)10-8-13)12-30-21(19)24-20(25)18-11-28-16-5-3-4-6-17(16)29-18/h3-10,12,18H,2,11H2,1H3,(H,24,25)/t18-/m0/s1. The zero-order valence-electron chi connectivity index (χ0n) is 16.0. The van der Waals surface area contributed by atoms with Gasteiger partial charge >= 0.3 is 5.97 Å². The minimum atomic E-state index is -0.826. The largest absolute Gasteiger partial charge is 0.485 e. The van der Waals surface area contributed by atoms with Crippen molar-refractivity contribution in [2.75, 3.05) is 18.5 Å². The maximum atomic E-state index is 12.8. The van der Waals surface area contributed by atoms with E-state index in [9.17, 15) is 9.59 Å². The predicted molar refractivity (Wildman–Crippen MR) is 118 cm³/mol. The van der Waals surface area contributed by atoms with Crippen LogP contribution in [0.25, 0.3) is 11.1 Å². The third-order valence-corrected chi connectivity index (χ3v) is 5.89. The highest BCUT2D eigenvalue weighted by atomic mass is 79.9. The second-order valence-corrected chi connectivity index (χ2v) is 8.23. The highest BCUT2D eigenvalue weighted by Gasteiger charge is 2.30. The number of carbonyl (C=O) groups excluding carboxylic acids is 2. The molecule has 0 saturated carbocycles. The smallest absolute Gasteiger partial charge is 0.341 e. The van der Waals surface area contributed by atoms with Crippen molar-refractivity contribution >= 4 is 44.1 Å². The van der Waals surface area contributed by atoms with E-state index in [1.165, 1.54) is 11.3 Å². The number of fused-ring (bicyclic) bond motifs is 1. The average Bonchev–Trinajstić information content (AvgIpc) is 3.17. The number of rotatable bonds is 5. The molecule has 0 fully saturated rings. The number of esters is 1. The Kier molecular flexibility index (Phi) is 6.06. The second kappa shape index (κ2) is 8.89. The Hall–Kier alpha value is -2.84. The summed E-state index contributed by atoms with van der Waals surface area (Å²) in [5, 5.41) is 5.06. The second-order valence-electron chi connectivity index (χ2n) is 6.43. The van der Waals surface area contributed by atoms with Gasteiger partial charge in [0, 0.05) is 15.4 Å². The molecule has 8 heteroatoms. The van der Waals surface area contributed by atoms with Crippen molar-refractivity contribution in [3.63, 3.8) is 0 Å². The molecule has 2 heterocycles. The van der Waals surface area contributed by atoms with Crippen LogP contribution in [0.2, 0.25) is 0 Å². The van der Waals surface area contributed by atoms with E-state index in [1.54, 1.807) is 19.1 Å². The maximum Gasteiger partial charge on any atom is 0.341 e. The highest BCUT2D eigenvalue weighted by molar-refractivity contribution is 9.10. The van der Waals surface area contributed by atoms with Crippen LogP contribution in [0.5, 0.6) is 11.5 Å². The van der Waals surface area contributed by atoms with Crippen LogP contribution in [0, 0.1) is 0 Å². The van der Waals surface area contributed by atoms with Gasteiger partial charge < -0.3 is 19.5 Å². The van der Waals surface area contributed by atoms with Crippen LogP contribution >= 0.6 is 27.3 Å². The lowest BCUT2D eigenvalue weighted by Gasteiger charge is -2.25. The van der Waals surface area contributed by atoms with E-state index in [-0.39, 0.29) is 19.1 Å². The number of para-hydroxylation sites is 2. The number of halogens is 1. The number of amides is 1. The van der Waals surface area contributed by atoms with E-state index in [0.717, 1.165) is 10.0 Å². The zero-order valence-corrected chi connectivity index (χ0v) is 18.4. The van der Waals surface area contributed by atoms with Gasteiger partial charge in [-0.2, -0.15) is 0 Å². The highest BCUT2D eigenvalue weighted by Crippen LogP contribution is 2.37. The van der Waals surface area contributed by atoms with Crippen LogP contribution in [-0.2, 0) is 9.53 Å². The molecule has 0 unspecified atom stereocenters. The fourth-order valence-corrected chi connectivity index (χ4v) is 4.26. The normalized spacial score (nSPS) is 14.8. The third-order valence-electron chi connectivity index (χ3n) is 4.46. The lowest BCUT2D eigenvalue weighted by atomic mass is 10.0.